The van der Waals surface area contributed by atoms with Crippen LogP contribution in [0.1, 0.15) is 36.0 Å². The number of fused-ring (bicyclic) bond motifs is 1. The number of aromatic nitrogens is 3. The van der Waals surface area contributed by atoms with Crippen LogP contribution in [0.25, 0.3) is 5.65 Å². The molecule has 1 saturated carbocycles. The van der Waals surface area contributed by atoms with E-state index in [-0.39, 0.29) is 28.8 Å². The molecule has 2 fully saturated rings. The van der Waals surface area contributed by atoms with Crippen molar-refractivity contribution < 1.29 is 18.7 Å². The molecule has 0 radical (unpaired) electrons. The van der Waals surface area contributed by atoms with Crippen LogP contribution in [-0.2, 0) is 9.53 Å². The highest BCUT2D eigenvalue weighted by molar-refractivity contribution is 6.33. The Bertz CT molecular complexity index is 1240. The molecule has 0 bridgehead atoms. The van der Waals surface area contributed by atoms with E-state index in [1.54, 1.807) is 10.7 Å². The van der Waals surface area contributed by atoms with Crippen LogP contribution < -0.4 is 15.5 Å². The predicted octanol–water partition coefficient (Wildman–Crippen LogP) is 3.29. The molecule has 1 aliphatic heterocycles. The Morgan fingerprint density at radius 1 is 1.11 bits per heavy atom. The number of amides is 2. The molecule has 2 aliphatic rings. The topological polar surface area (TPSA) is 101 Å². The van der Waals surface area contributed by atoms with Gasteiger partial charge in [0.25, 0.3) is 5.91 Å². The lowest BCUT2D eigenvalue weighted by Crippen LogP contribution is -2.39. The van der Waals surface area contributed by atoms with E-state index < -0.39 is 5.82 Å². The van der Waals surface area contributed by atoms with E-state index in [9.17, 15) is 14.0 Å². The molecule has 1 saturated heterocycles. The number of carbonyl (C=O) groups is 2. The van der Waals surface area contributed by atoms with Gasteiger partial charge in [-0.2, -0.15) is 5.10 Å². The quantitative estimate of drug-likeness (QED) is 0.557. The van der Waals surface area contributed by atoms with Gasteiger partial charge in [-0.25, -0.2) is 13.9 Å². The fourth-order valence-electron chi connectivity index (χ4n) is 4.58. The van der Waals surface area contributed by atoms with Gasteiger partial charge in [0.2, 0.25) is 5.91 Å². The van der Waals surface area contributed by atoms with Crippen molar-refractivity contribution in [2.75, 3.05) is 36.5 Å². The molecule has 2 aromatic heterocycles. The van der Waals surface area contributed by atoms with Crippen LogP contribution in [-0.4, -0.2) is 58.8 Å². The second kappa shape index (κ2) is 10.2. The molecule has 184 valence electrons. The standard InChI is InChI=1S/C24H26ClFN6O3/c25-19-13-16(26)3-6-20(19)29-23(33)15-1-4-17(5-2-15)28-24(34)18-14-27-32-8-7-21(30-22(18)32)31-9-11-35-12-10-31/h3,6-8,13-15,17H,1-2,4-5,9-12H2,(H,28,34)(H,29,33). The largest absolute Gasteiger partial charge is 0.378 e. The Morgan fingerprint density at radius 3 is 2.63 bits per heavy atom. The van der Waals surface area contributed by atoms with Gasteiger partial charge in [0, 0.05) is 31.2 Å². The number of ether oxygens (including phenoxy) is 1. The van der Waals surface area contributed by atoms with Crippen LogP contribution in [0.2, 0.25) is 5.02 Å². The lowest BCUT2D eigenvalue weighted by Gasteiger charge is -2.28. The summed E-state index contributed by atoms with van der Waals surface area (Å²) < 4.78 is 20.2. The average Bonchev–Trinajstić information content (AvgIpc) is 3.30. The molecule has 2 N–H and O–H groups in total. The Morgan fingerprint density at radius 2 is 1.89 bits per heavy atom. The molecule has 1 aromatic carbocycles. The first-order chi connectivity index (χ1) is 17.0. The Labute approximate surface area is 206 Å². The molecule has 5 rings (SSSR count). The predicted molar refractivity (Wildman–Crippen MR) is 129 cm³/mol. The summed E-state index contributed by atoms with van der Waals surface area (Å²) in [6.07, 6.45) is 5.94. The monoisotopic (exact) mass is 500 g/mol. The molecular weight excluding hydrogens is 475 g/mol. The maximum Gasteiger partial charge on any atom is 0.256 e. The van der Waals surface area contributed by atoms with E-state index in [1.165, 1.54) is 24.4 Å². The van der Waals surface area contributed by atoms with Crippen LogP contribution in [0.5, 0.6) is 0 Å². The Hall–Kier alpha value is -3.24. The molecule has 0 spiro atoms. The van der Waals surface area contributed by atoms with Gasteiger partial charge in [-0.15, -0.1) is 0 Å². The highest BCUT2D eigenvalue weighted by Crippen LogP contribution is 2.28. The molecule has 0 atom stereocenters. The highest BCUT2D eigenvalue weighted by atomic mass is 35.5. The molecule has 2 amide bonds. The molecule has 35 heavy (non-hydrogen) atoms. The van der Waals surface area contributed by atoms with E-state index >= 15 is 0 Å². The van der Waals surface area contributed by atoms with Crippen molar-refractivity contribution in [3.8, 4) is 0 Å². The third-order valence-corrected chi connectivity index (χ3v) is 6.87. The maximum atomic E-state index is 13.2. The second-order valence-electron chi connectivity index (χ2n) is 8.85. The minimum atomic E-state index is -0.456. The summed E-state index contributed by atoms with van der Waals surface area (Å²) in [5.41, 5.74) is 1.33. The van der Waals surface area contributed by atoms with Gasteiger partial charge in [-0.3, -0.25) is 9.59 Å². The zero-order valence-corrected chi connectivity index (χ0v) is 19.8. The first-order valence-electron chi connectivity index (χ1n) is 11.7. The van der Waals surface area contributed by atoms with Crippen LogP contribution >= 0.6 is 11.6 Å². The number of anilines is 2. The third-order valence-electron chi connectivity index (χ3n) is 6.56. The zero-order valence-electron chi connectivity index (χ0n) is 19.0. The lowest BCUT2D eigenvalue weighted by molar-refractivity contribution is -0.120. The zero-order chi connectivity index (χ0) is 24.4. The van der Waals surface area contributed by atoms with E-state index in [0.29, 0.717) is 55.8 Å². The maximum absolute atomic E-state index is 13.2. The number of rotatable bonds is 5. The fraction of sp³-hybridized carbons (Fsp3) is 0.417. The number of morpholine rings is 1. The van der Waals surface area contributed by atoms with Gasteiger partial charge in [0.1, 0.15) is 17.2 Å². The summed E-state index contributed by atoms with van der Waals surface area (Å²) in [6.45, 7) is 2.81. The molecule has 1 aliphatic carbocycles. The molecule has 3 aromatic rings. The van der Waals surface area contributed by atoms with Gasteiger partial charge in [-0.05, 0) is 49.9 Å². The van der Waals surface area contributed by atoms with E-state index in [1.807, 2.05) is 6.07 Å². The van der Waals surface area contributed by atoms with Crippen molar-refractivity contribution >= 4 is 40.6 Å². The number of nitrogens with one attached hydrogen (secondary N) is 2. The summed E-state index contributed by atoms with van der Waals surface area (Å²) in [6, 6.07) is 5.73. The van der Waals surface area contributed by atoms with Crippen LogP contribution in [0.15, 0.2) is 36.7 Å². The third kappa shape index (κ3) is 5.23. The molecule has 0 unspecified atom stereocenters. The lowest BCUT2D eigenvalue weighted by atomic mass is 9.85. The van der Waals surface area contributed by atoms with Crippen molar-refractivity contribution in [3.05, 3.63) is 53.1 Å². The summed E-state index contributed by atoms with van der Waals surface area (Å²) in [7, 11) is 0. The first kappa shape index (κ1) is 23.5. The SMILES string of the molecule is O=C(NC1CCC(C(=O)Nc2ccc(F)cc2Cl)CC1)c1cnn2ccc(N3CCOCC3)nc12. The number of carbonyl (C=O) groups excluding carboxylic acids is 2. The normalized spacial score (nSPS) is 20.6. The van der Waals surface area contributed by atoms with Crippen LogP contribution in [0.3, 0.4) is 0 Å². The van der Waals surface area contributed by atoms with E-state index in [4.69, 9.17) is 16.3 Å². The molecule has 9 nitrogen and oxygen atoms in total. The fourth-order valence-corrected chi connectivity index (χ4v) is 4.79. The number of hydrogen-bond donors (Lipinski definition) is 2. The van der Waals surface area contributed by atoms with Gasteiger partial charge in [0.15, 0.2) is 5.65 Å². The van der Waals surface area contributed by atoms with Gasteiger partial charge >= 0.3 is 0 Å². The minimum Gasteiger partial charge on any atom is -0.378 e. The smallest absolute Gasteiger partial charge is 0.256 e. The van der Waals surface area contributed by atoms with Crippen molar-refractivity contribution in [2.24, 2.45) is 5.92 Å². The average molecular weight is 501 g/mol. The van der Waals surface area contributed by atoms with Crippen molar-refractivity contribution in [2.45, 2.75) is 31.7 Å². The first-order valence-corrected chi connectivity index (χ1v) is 12.1. The minimum absolute atomic E-state index is 0.0432. The van der Waals surface area contributed by atoms with Crippen molar-refractivity contribution in [1.29, 1.82) is 0 Å². The van der Waals surface area contributed by atoms with Gasteiger partial charge in [0.05, 0.1) is 30.1 Å². The number of hydrogen-bond acceptors (Lipinski definition) is 6. The van der Waals surface area contributed by atoms with Crippen molar-refractivity contribution in [1.82, 2.24) is 19.9 Å². The van der Waals surface area contributed by atoms with Crippen LogP contribution in [0, 0.1) is 11.7 Å². The second-order valence-corrected chi connectivity index (χ2v) is 9.25. The summed E-state index contributed by atoms with van der Waals surface area (Å²) in [5, 5.41) is 10.3. The van der Waals surface area contributed by atoms with Gasteiger partial charge < -0.3 is 20.3 Å². The van der Waals surface area contributed by atoms with Crippen LogP contribution in [0.4, 0.5) is 15.9 Å². The number of nitrogens with zero attached hydrogens (tertiary/aromatic N) is 4. The van der Waals surface area contributed by atoms with Gasteiger partial charge in [-0.1, -0.05) is 11.6 Å². The molecular formula is C24H26ClFN6O3. The highest BCUT2D eigenvalue weighted by Gasteiger charge is 2.28. The van der Waals surface area contributed by atoms with E-state index in [0.717, 1.165) is 18.9 Å². The summed E-state index contributed by atoms with van der Waals surface area (Å²) >= 11 is 6.01. The van der Waals surface area contributed by atoms with Crippen molar-refractivity contribution in [3.63, 3.8) is 0 Å². The summed E-state index contributed by atoms with van der Waals surface area (Å²) in [5.74, 6) is -0.228. The number of benzene rings is 1. The van der Waals surface area contributed by atoms with E-state index in [2.05, 4.69) is 25.6 Å². The number of halogens is 2. The Kier molecular flexibility index (Phi) is 6.83. The summed E-state index contributed by atoms with van der Waals surface area (Å²) in [4.78, 5) is 32.5. The molecule has 11 heteroatoms. The molecule has 3 heterocycles. The Balaban J connectivity index is 1.18.